The molecule has 0 aromatic heterocycles. The van der Waals surface area contributed by atoms with Crippen molar-refractivity contribution >= 4 is 5.97 Å². The van der Waals surface area contributed by atoms with E-state index in [0.29, 0.717) is 39.1 Å². The lowest BCUT2D eigenvalue weighted by Gasteiger charge is -2.36. The van der Waals surface area contributed by atoms with Crippen molar-refractivity contribution < 1.29 is 22.7 Å². The van der Waals surface area contributed by atoms with Gasteiger partial charge in [0, 0.05) is 45.8 Å². The molecule has 0 spiro atoms. The van der Waals surface area contributed by atoms with Crippen molar-refractivity contribution in [3.63, 3.8) is 0 Å². The Morgan fingerprint density at radius 2 is 1.80 bits per heavy atom. The summed E-state index contributed by atoms with van der Waals surface area (Å²) in [6.07, 6.45) is -3.93. The van der Waals surface area contributed by atoms with Gasteiger partial charge in [0.15, 0.2) is 0 Å². The lowest BCUT2D eigenvalue weighted by molar-refractivity contribution is -0.177. The first-order valence-electron chi connectivity index (χ1n) is 6.65. The molecule has 2 N–H and O–H groups in total. The average molecular weight is 297 g/mol. The number of rotatable bonds is 6. The summed E-state index contributed by atoms with van der Waals surface area (Å²) in [5, 5.41) is 0. The Morgan fingerprint density at radius 3 is 2.25 bits per heavy atom. The third kappa shape index (κ3) is 5.64. The molecule has 1 saturated heterocycles. The van der Waals surface area contributed by atoms with Gasteiger partial charge in [-0.25, -0.2) is 0 Å². The fraction of sp³-hybridized carbons (Fsp3) is 0.917. The van der Waals surface area contributed by atoms with Gasteiger partial charge < -0.3 is 20.3 Å². The zero-order valence-electron chi connectivity index (χ0n) is 11.7. The number of hydrogen-bond acceptors (Lipinski definition) is 5. The van der Waals surface area contributed by atoms with Gasteiger partial charge in [0.1, 0.15) is 0 Å². The first-order valence-corrected chi connectivity index (χ1v) is 6.65. The largest absolute Gasteiger partial charge is 0.469 e. The van der Waals surface area contributed by atoms with E-state index < -0.39 is 12.1 Å². The third-order valence-electron chi connectivity index (χ3n) is 3.55. The van der Waals surface area contributed by atoms with Crippen molar-refractivity contribution in [1.82, 2.24) is 9.80 Å². The molecule has 1 aliphatic rings. The summed E-state index contributed by atoms with van der Waals surface area (Å²) >= 11 is 0. The number of ether oxygens (including phenoxy) is 1. The van der Waals surface area contributed by atoms with E-state index in [1.54, 1.807) is 4.90 Å². The molecular weight excluding hydrogens is 275 g/mol. The van der Waals surface area contributed by atoms with Crippen molar-refractivity contribution in [2.24, 2.45) is 11.7 Å². The second-order valence-electron chi connectivity index (χ2n) is 4.94. The lowest BCUT2D eigenvalue weighted by atomic mass is 10.1. The quantitative estimate of drug-likeness (QED) is 0.715. The maximum absolute atomic E-state index is 12.6. The van der Waals surface area contributed by atoms with Gasteiger partial charge in [-0.2, -0.15) is 13.2 Å². The highest BCUT2D eigenvalue weighted by atomic mass is 19.4. The molecule has 0 aromatic carbocycles. The van der Waals surface area contributed by atoms with Gasteiger partial charge in [-0.05, 0) is 0 Å². The molecule has 0 saturated carbocycles. The van der Waals surface area contributed by atoms with Crippen LogP contribution in [0.1, 0.15) is 6.42 Å². The van der Waals surface area contributed by atoms with E-state index in [-0.39, 0.29) is 19.1 Å². The monoisotopic (exact) mass is 297 g/mol. The molecule has 0 aromatic rings. The summed E-state index contributed by atoms with van der Waals surface area (Å²) in [7, 11) is 1.34. The molecule has 5 nitrogen and oxygen atoms in total. The molecule has 1 unspecified atom stereocenters. The zero-order chi connectivity index (χ0) is 15.2. The van der Waals surface area contributed by atoms with Crippen LogP contribution in [0.2, 0.25) is 0 Å². The Morgan fingerprint density at radius 1 is 1.25 bits per heavy atom. The molecule has 0 amide bonds. The normalized spacial score (nSPS) is 19.9. The lowest BCUT2D eigenvalue weighted by Crippen LogP contribution is -2.50. The third-order valence-corrected chi connectivity index (χ3v) is 3.55. The van der Waals surface area contributed by atoms with Crippen LogP contribution in [0.3, 0.4) is 0 Å². The molecule has 118 valence electrons. The minimum Gasteiger partial charge on any atom is -0.469 e. The molecule has 1 atom stereocenters. The van der Waals surface area contributed by atoms with E-state index in [2.05, 4.69) is 9.64 Å². The minimum atomic E-state index is -4.24. The van der Waals surface area contributed by atoms with Crippen LogP contribution >= 0.6 is 0 Å². The highest BCUT2D eigenvalue weighted by Crippen LogP contribution is 2.26. The van der Waals surface area contributed by atoms with Gasteiger partial charge in [0.05, 0.1) is 19.4 Å². The van der Waals surface area contributed by atoms with Gasteiger partial charge in [-0.1, -0.05) is 0 Å². The Hall–Kier alpha value is -0.860. The van der Waals surface area contributed by atoms with Crippen molar-refractivity contribution in [3.8, 4) is 0 Å². The van der Waals surface area contributed by atoms with Gasteiger partial charge in [0.2, 0.25) is 0 Å². The van der Waals surface area contributed by atoms with Crippen LogP contribution < -0.4 is 5.73 Å². The first kappa shape index (κ1) is 17.2. The van der Waals surface area contributed by atoms with E-state index >= 15 is 0 Å². The Labute approximate surface area is 116 Å². The summed E-state index contributed by atoms with van der Waals surface area (Å²) in [6, 6.07) is 0. The second-order valence-corrected chi connectivity index (χ2v) is 4.94. The van der Waals surface area contributed by atoms with Gasteiger partial charge in [-0.3, -0.25) is 4.79 Å². The standard InChI is InChI=1S/C12H22F3N3O2/c1-20-11(19)2-3-17-4-6-18(7-5-17)9-10(8-16)12(13,14)15/h10H,2-9,16H2,1H3. The van der Waals surface area contributed by atoms with Gasteiger partial charge in [0.25, 0.3) is 0 Å². The van der Waals surface area contributed by atoms with Crippen LogP contribution in [0, 0.1) is 5.92 Å². The number of hydrogen-bond donors (Lipinski definition) is 1. The molecular formula is C12H22F3N3O2. The number of piperazine rings is 1. The van der Waals surface area contributed by atoms with Crippen LogP contribution in [-0.4, -0.2) is 74.9 Å². The predicted octanol–water partition coefficient (Wildman–Crippen LogP) is 0.304. The maximum atomic E-state index is 12.6. The number of methoxy groups -OCH3 is 1. The highest BCUT2D eigenvalue weighted by Gasteiger charge is 2.39. The Kier molecular flexibility index (Phi) is 6.70. The number of halogens is 3. The average Bonchev–Trinajstić information content (AvgIpc) is 2.42. The van der Waals surface area contributed by atoms with Crippen LogP contribution in [0.4, 0.5) is 13.2 Å². The molecule has 0 bridgehead atoms. The van der Waals surface area contributed by atoms with Crippen LogP contribution in [0.5, 0.6) is 0 Å². The smallest absolute Gasteiger partial charge is 0.394 e. The fourth-order valence-electron chi connectivity index (χ4n) is 2.17. The number of nitrogens with two attached hydrogens (primary N) is 1. The first-order chi connectivity index (χ1) is 9.36. The summed E-state index contributed by atoms with van der Waals surface area (Å²) in [4.78, 5) is 14.8. The molecule has 0 aliphatic carbocycles. The van der Waals surface area contributed by atoms with Crippen molar-refractivity contribution in [3.05, 3.63) is 0 Å². The topological polar surface area (TPSA) is 58.8 Å². The predicted molar refractivity (Wildman–Crippen MR) is 68.1 cm³/mol. The molecule has 20 heavy (non-hydrogen) atoms. The van der Waals surface area contributed by atoms with Crippen LogP contribution in [-0.2, 0) is 9.53 Å². The van der Waals surface area contributed by atoms with Gasteiger partial charge in [-0.15, -0.1) is 0 Å². The number of nitrogens with zero attached hydrogens (tertiary/aromatic N) is 2. The van der Waals surface area contributed by atoms with Crippen LogP contribution in [0.25, 0.3) is 0 Å². The molecule has 0 radical (unpaired) electrons. The second kappa shape index (κ2) is 7.80. The zero-order valence-corrected chi connectivity index (χ0v) is 11.7. The molecule has 1 rings (SSSR count). The number of alkyl halides is 3. The van der Waals surface area contributed by atoms with E-state index in [1.807, 2.05) is 0 Å². The fourth-order valence-corrected chi connectivity index (χ4v) is 2.17. The molecule has 1 fully saturated rings. The minimum absolute atomic E-state index is 0.0508. The summed E-state index contributed by atoms with van der Waals surface area (Å²) in [5.74, 6) is -1.74. The molecule has 8 heteroatoms. The number of carbonyl (C=O) groups is 1. The Balaban J connectivity index is 2.30. The van der Waals surface area contributed by atoms with E-state index in [0.717, 1.165) is 0 Å². The van der Waals surface area contributed by atoms with E-state index in [1.165, 1.54) is 7.11 Å². The summed E-state index contributed by atoms with van der Waals surface area (Å²) < 4.78 is 42.4. The molecule has 1 aliphatic heterocycles. The highest BCUT2D eigenvalue weighted by molar-refractivity contribution is 5.69. The maximum Gasteiger partial charge on any atom is 0.394 e. The SMILES string of the molecule is COC(=O)CCN1CCN(CC(CN)C(F)(F)F)CC1. The summed E-state index contributed by atoms with van der Waals surface area (Å²) in [5.41, 5.74) is 5.19. The van der Waals surface area contributed by atoms with E-state index in [4.69, 9.17) is 5.73 Å². The molecule has 1 heterocycles. The van der Waals surface area contributed by atoms with Crippen molar-refractivity contribution in [2.75, 3.05) is 52.9 Å². The van der Waals surface area contributed by atoms with Gasteiger partial charge >= 0.3 is 12.1 Å². The van der Waals surface area contributed by atoms with E-state index in [9.17, 15) is 18.0 Å². The number of esters is 1. The van der Waals surface area contributed by atoms with Crippen molar-refractivity contribution in [1.29, 1.82) is 0 Å². The van der Waals surface area contributed by atoms with Crippen molar-refractivity contribution in [2.45, 2.75) is 12.6 Å². The summed E-state index contributed by atoms with van der Waals surface area (Å²) in [6.45, 7) is 2.59. The van der Waals surface area contributed by atoms with Crippen LogP contribution in [0.15, 0.2) is 0 Å². The number of carbonyl (C=O) groups excluding carboxylic acids is 1. The Bertz CT molecular complexity index is 305.